The first-order valence-corrected chi connectivity index (χ1v) is 8.68. The molecule has 0 bridgehead atoms. The Morgan fingerprint density at radius 2 is 1.54 bits per heavy atom. The van der Waals surface area contributed by atoms with E-state index in [2.05, 4.69) is 20.9 Å². The van der Waals surface area contributed by atoms with Crippen molar-refractivity contribution in [1.82, 2.24) is 4.98 Å². The van der Waals surface area contributed by atoms with Crippen molar-refractivity contribution in [2.75, 3.05) is 16.0 Å². The summed E-state index contributed by atoms with van der Waals surface area (Å²) in [4.78, 5) is 27.9. The van der Waals surface area contributed by atoms with Crippen molar-refractivity contribution in [1.29, 1.82) is 0 Å². The molecule has 3 rings (SSSR count). The normalized spacial score (nSPS) is 10.0. The van der Waals surface area contributed by atoms with E-state index in [0.717, 1.165) is 5.56 Å². The van der Waals surface area contributed by atoms with Gasteiger partial charge in [0, 0.05) is 13.1 Å². The smallest absolute Gasteiger partial charge is 0.325 e. The molecule has 3 N–H and O–H groups in total. The second-order valence-electron chi connectivity index (χ2n) is 5.93. The van der Waals surface area contributed by atoms with E-state index < -0.39 is 6.03 Å². The number of rotatable bonds is 6. The third kappa shape index (κ3) is 5.31. The van der Waals surface area contributed by atoms with E-state index in [0.29, 0.717) is 29.5 Å². The van der Waals surface area contributed by atoms with Crippen LogP contribution in [0.5, 0.6) is 5.75 Å². The van der Waals surface area contributed by atoms with Gasteiger partial charge in [0.1, 0.15) is 6.61 Å². The van der Waals surface area contributed by atoms with E-state index >= 15 is 0 Å². The molecule has 1 heterocycles. The standard InChI is InChI=1S/C21H20N4O3/c1-15(26)23-17-10-5-6-11-18(17)24-21(27)25-20-19(12-7-13-22-20)28-14-16-8-3-2-4-9-16/h2-13H,14H2,1H3,(H,23,26)(H2,22,24,25,27). The monoisotopic (exact) mass is 376 g/mol. The maximum absolute atomic E-state index is 12.4. The zero-order valence-corrected chi connectivity index (χ0v) is 15.3. The minimum atomic E-state index is -0.499. The Bertz CT molecular complexity index is 961. The number of nitrogens with zero attached hydrogens (tertiary/aromatic N) is 1. The molecular formula is C21H20N4O3. The number of benzene rings is 2. The number of anilines is 3. The van der Waals surface area contributed by atoms with Crippen LogP contribution in [0.2, 0.25) is 0 Å². The van der Waals surface area contributed by atoms with Gasteiger partial charge >= 0.3 is 6.03 Å². The highest BCUT2D eigenvalue weighted by molar-refractivity contribution is 6.03. The summed E-state index contributed by atoms with van der Waals surface area (Å²) >= 11 is 0. The predicted molar refractivity (Wildman–Crippen MR) is 108 cm³/mol. The number of hydrogen-bond acceptors (Lipinski definition) is 4. The van der Waals surface area contributed by atoms with Gasteiger partial charge in [0.2, 0.25) is 5.91 Å². The van der Waals surface area contributed by atoms with Crippen molar-refractivity contribution in [2.45, 2.75) is 13.5 Å². The summed E-state index contributed by atoms with van der Waals surface area (Å²) in [6.45, 7) is 1.76. The van der Waals surface area contributed by atoms with E-state index in [9.17, 15) is 9.59 Å². The summed E-state index contributed by atoms with van der Waals surface area (Å²) in [6.07, 6.45) is 1.57. The van der Waals surface area contributed by atoms with E-state index in [1.54, 1.807) is 42.6 Å². The molecule has 0 fully saturated rings. The fraction of sp³-hybridized carbons (Fsp3) is 0.0952. The number of hydrogen-bond donors (Lipinski definition) is 3. The van der Waals surface area contributed by atoms with Gasteiger partial charge in [0.25, 0.3) is 0 Å². The molecule has 3 amide bonds. The molecule has 0 aliphatic heterocycles. The molecule has 0 aliphatic carbocycles. The molecule has 142 valence electrons. The summed E-state index contributed by atoms with van der Waals surface area (Å²) < 4.78 is 5.79. The van der Waals surface area contributed by atoms with Gasteiger partial charge < -0.3 is 15.4 Å². The van der Waals surface area contributed by atoms with E-state index in [1.807, 2.05) is 30.3 Å². The highest BCUT2D eigenvalue weighted by Gasteiger charge is 2.11. The van der Waals surface area contributed by atoms with Crippen LogP contribution in [0.15, 0.2) is 72.9 Å². The molecule has 0 unspecified atom stereocenters. The van der Waals surface area contributed by atoms with Gasteiger partial charge in [0.05, 0.1) is 11.4 Å². The molecule has 0 saturated heterocycles. The summed E-state index contributed by atoms with van der Waals surface area (Å²) in [5, 5.41) is 8.05. The second-order valence-corrected chi connectivity index (χ2v) is 5.93. The third-order valence-electron chi connectivity index (χ3n) is 3.73. The van der Waals surface area contributed by atoms with Crippen LogP contribution in [0.4, 0.5) is 22.0 Å². The van der Waals surface area contributed by atoms with Crippen LogP contribution in [-0.2, 0) is 11.4 Å². The number of carbonyl (C=O) groups is 2. The first-order chi connectivity index (χ1) is 13.6. The first-order valence-electron chi connectivity index (χ1n) is 8.68. The van der Waals surface area contributed by atoms with Crippen LogP contribution in [0.3, 0.4) is 0 Å². The van der Waals surface area contributed by atoms with Crippen molar-refractivity contribution >= 4 is 29.1 Å². The molecule has 2 aromatic carbocycles. The largest absolute Gasteiger partial charge is 0.485 e. The van der Waals surface area contributed by atoms with E-state index in [1.165, 1.54) is 6.92 Å². The zero-order chi connectivity index (χ0) is 19.8. The van der Waals surface area contributed by atoms with Crippen molar-refractivity contribution in [3.63, 3.8) is 0 Å². The Kier molecular flexibility index (Phi) is 6.20. The SMILES string of the molecule is CC(=O)Nc1ccccc1NC(=O)Nc1ncccc1OCc1ccccc1. The molecule has 7 nitrogen and oxygen atoms in total. The van der Waals surface area contributed by atoms with Crippen LogP contribution in [0, 0.1) is 0 Å². The fourth-order valence-corrected chi connectivity index (χ4v) is 2.49. The zero-order valence-electron chi connectivity index (χ0n) is 15.3. The Hall–Kier alpha value is -3.87. The molecule has 1 aromatic heterocycles. The van der Waals surface area contributed by atoms with Gasteiger partial charge in [-0.05, 0) is 29.8 Å². The quantitative estimate of drug-likeness (QED) is 0.599. The highest BCUT2D eigenvalue weighted by Crippen LogP contribution is 2.24. The summed E-state index contributed by atoms with van der Waals surface area (Å²) in [5.41, 5.74) is 1.98. The maximum atomic E-state index is 12.4. The molecule has 0 aliphatic rings. The Morgan fingerprint density at radius 3 is 2.25 bits per heavy atom. The summed E-state index contributed by atoms with van der Waals surface area (Å²) in [5.74, 6) is 0.528. The lowest BCUT2D eigenvalue weighted by Crippen LogP contribution is -2.21. The number of amides is 3. The van der Waals surface area contributed by atoms with Gasteiger partial charge in [0.15, 0.2) is 11.6 Å². The number of urea groups is 1. The van der Waals surface area contributed by atoms with Crippen molar-refractivity contribution in [3.8, 4) is 5.75 Å². The number of carbonyl (C=O) groups excluding carboxylic acids is 2. The van der Waals surface area contributed by atoms with Gasteiger partial charge in [-0.15, -0.1) is 0 Å². The maximum Gasteiger partial charge on any atom is 0.325 e. The van der Waals surface area contributed by atoms with Gasteiger partial charge in [-0.3, -0.25) is 10.1 Å². The average molecular weight is 376 g/mol. The lowest BCUT2D eigenvalue weighted by atomic mass is 10.2. The number of pyridine rings is 1. The molecule has 7 heteroatoms. The first kappa shape index (κ1) is 18.9. The topological polar surface area (TPSA) is 92.4 Å². The lowest BCUT2D eigenvalue weighted by molar-refractivity contribution is -0.114. The Labute approximate surface area is 162 Å². The van der Waals surface area contributed by atoms with Crippen molar-refractivity contribution in [2.24, 2.45) is 0 Å². The van der Waals surface area contributed by atoms with Crippen LogP contribution in [-0.4, -0.2) is 16.9 Å². The number of para-hydroxylation sites is 2. The summed E-state index contributed by atoms with van der Waals surface area (Å²) in [7, 11) is 0. The second kappa shape index (κ2) is 9.18. The average Bonchev–Trinajstić information content (AvgIpc) is 2.69. The number of aromatic nitrogens is 1. The molecule has 0 atom stereocenters. The van der Waals surface area contributed by atoms with Crippen LogP contribution >= 0.6 is 0 Å². The Balaban J connectivity index is 1.67. The van der Waals surface area contributed by atoms with Crippen LogP contribution in [0.25, 0.3) is 0 Å². The lowest BCUT2D eigenvalue weighted by Gasteiger charge is -2.14. The highest BCUT2D eigenvalue weighted by atomic mass is 16.5. The molecule has 0 saturated carbocycles. The third-order valence-corrected chi connectivity index (χ3v) is 3.73. The van der Waals surface area contributed by atoms with E-state index in [-0.39, 0.29) is 5.91 Å². The van der Waals surface area contributed by atoms with Gasteiger partial charge in [-0.1, -0.05) is 42.5 Å². The summed E-state index contributed by atoms with van der Waals surface area (Å²) in [6, 6.07) is 19.6. The Morgan fingerprint density at radius 1 is 0.857 bits per heavy atom. The molecular weight excluding hydrogens is 356 g/mol. The molecule has 28 heavy (non-hydrogen) atoms. The van der Waals surface area contributed by atoms with Crippen molar-refractivity contribution < 1.29 is 14.3 Å². The number of ether oxygens (including phenoxy) is 1. The van der Waals surface area contributed by atoms with Crippen LogP contribution < -0.4 is 20.7 Å². The molecule has 3 aromatic rings. The molecule has 0 radical (unpaired) electrons. The van der Waals surface area contributed by atoms with Gasteiger partial charge in [-0.25, -0.2) is 9.78 Å². The molecule has 0 spiro atoms. The fourth-order valence-electron chi connectivity index (χ4n) is 2.49. The van der Waals surface area contributed by atoms with E-state index in [4.69, 9.17) is 4.74 Å². The number of nitrogens with one attached hydrogen (secondary N) is 3. The minimum absolute atomic E-state index is 0.226. The van der Waals surface area contributed by atoms with Gasteiger partial charge in [-0.2, -0.15) is 0 Å². The minimum Gasteiger partial charge on any atom is -0.485 e. The van der Waals surface area contributed by atoms with Crippen molar-refractivity contribution in [3.05, 3.63) is 78.5 Å². The predicted octanol–water partition coefficient (Wildman–Crippen LogP) is 4.26. The van der Waals surface area contributed by atoms with Crippen LogP contribution in [0.1, 0.15) is 12.5 Å².